The summed E-state index contributed by atoms with van der Waals surface area (Å²) in [6, 6.07) is 20.1. The number of halogens is 1. The molecule has 2 aromatic carbocycles. The second-order valence-corrected chi connectivity index (χ2v) is 9.17. The second kappa shape index (κ2) is 7.67. The van der Waals surface area contributed by atoms with Crippen LogP contribution in [0.4, 0.5) is 0 Å². The number of nitrogens with zero attached hydrogens (tertiary/aromatic N) is 1. The number of thiophene rings is 1. The van der Waals surface area contributed by atoms with E-state index in [1.54, 1.807) is 16.0 Å². The van der Waals surface area contributed by atoms with Crippen LogP contribution in [0.25, 0.3) is 0 Å². The SMILES string of the molecule is CCc1c(C)sc2c1CCN(Cc1cccc(Br)c1)[C@@H]2c1ccccc1. The molecule has 1 aliphatic heterocycles. The lowest BCUT2D eigenvalue weighted by atomic mass is 9.91. The van der Waals surface area contributed by atoms with Crippen molar-refractivity contribution in [2.45, 2.75) is 39.3 Å². The fourth-order valence-electron chi connectivity index (χ4n) is 4.19. The highest BCUT2D eigenvalue weighted by atomic mass is 79.9. The first-order valence-electron chi connectivity index (χ1n) is 9.32. The molecule has 1 aliphatic rings. The van der Waals surface area contributed by atoms with Gasteiger partial charge >= 0.3 is 0 Å². The topological polar surface area (TPSA) is 3.24 Å². The summed E-state index contributed by atoms with van der Waals surface area (Å²) in [7, 11) is 0. The molecular weight excluding hydrogens is 402 g/mol. The zero-order valence-electron chi connectivity index (χ0n) is 15.3. The first-order chi connectivity index (χ1) is 12.7. The van der Waals surface area contributed by atoms with E-state index in [-0.39, 0.29) is 0 Å². The smallest absolute Gasteiger partial charge is 0.0702 e. The Kier molecular flexibility index (Phi) is 5.30. The molecule has 3 aromatic rings. The lowest BCUT2D eigenvalue weighted by Gasteiger charge is -2.36. The van der Waals surface area contributed by atoms with Gasteiger partial charge in [0.15, 0.2) is 0 Å². The standard InChI is InChI=1S/C23H24BrNS/c1-3-20-16(2)26-23-21(20)12-13-25(15-17-8-7-11-19(24)14-17)22(23)18-9-5-4-6-10-18/h4-11,14,22H,3,12-13,15H2,1-2H3/t22-/m1/s1. The van der Waals surface area contributed by atoms with Gasteiger partial charge in [-0.1, -0.05) is 65.3 Å². The monoisotopic (exact) mass is 425 g/mol. The van der Waals surface area contributed by atoms with Gasteiger partial charge in [-0.15, -0.1) is 11.3 Å². The van der Waals surface area contributed by atoms with Crippen LogP contribution in [0.15, 0.2) is 59.1 Å². The lowest BCUT2D eigenvalue weighted by Crippen LogP contribution is -2.35. The van der Waals surface area contributed by atoms with E-state index in [1.165, 1.54) is 22.4 Å². The molecule has 26 heavy (non-hydrogen) atoms. The zero-order valence-corrected chi connectivity index (χ0v) is 17.7. The van der Waals surface area contributed by atoms with Gasteiger partial charge in [0.2, 0.25) is 0 Å². The minimum atomic E-state index is 0.364. The van der Waals surface area contributed by atoms with Crippen LogP contribution in [0.1, 0.15) is 45.0 Å². The van der Waals surface area contributed by atoms with E-state index in [4.69, 9.17) is 0 Å². The number of fused-ring (bicyclic) bond motifs is 1. The molecule has 134 valence electrons. The molecule has 1 nitrogen and oxygen atoms in total. The highest BCUT2D eigenvalue weighted by Crippen LogP contribution is 2.43. The van der Waals surface area contributed by atoms with Crippen molar-refractivity contribution in [3.63, 3.8) is 0 Å². The normalized spacial score (nSPS) is 17.3. The molecule has 1 aromatic heterocycles. The van der Waals surface area contributed by atoms with E-state index in [1.807, 2.05) is 11.3 Å². The summed E-state index contributed by atoms with van der Waals surface area (Å²) >= 11 is 5.63. The minimum Gasteiger partial charge on any atom is -0.287 e. The molecule has 0 bridgehead atoms. The number of rotatable bonds is 4. The van der Waals surface area contributed by atoms with Crippen LogP contribution in [0, 0.1) is 6.92 Å². The van der Waals surface area contributed by atoms with Crippen molar-refractivity contribution in [1.82, 2.24) is 4.90 Å². The number of benzene rings is 2. The molecule has 0 saturated heterocycles. The third kappa shape index (κ3) is 3.40. The maximum Gasteiger partial charge on any atom is 0.0702 e. The molecule has 0 fully saturated rings. The minimum absolute atomic E-state index is 0.364. The van der Waals surface area contributed by atoms with Crippen molar-refractivity contribution in [1.29, 1.82) is 0 Å². The number of hydrogen-bond acceptors (Lipinski definition) is 2. The van der Waals surface area contributed by atoms with Crippen molar-refractivity contribution in [2.75, 3.05) is 6.54 Å². The van der Waals surface area contributed by atoms with Gasteiger partial charge in [0, 0.05) is 27.3 Å². The molecule has 0 saturated carbocycles. The lowest BCUT2D eigenvalue weighted by molar-refractivity contribution is 0.207. The fraction of sp³-hybridized carbons (Fsp3) is 0.304. The van der Waals surface area contributed by atoms with Crippen LogP contribution in [0.5, 0.6) is 0 Å². The van der Waals surface area contributed by atoms with Crippen molar-refractivity contribution < 1.29 is 0 Å². The van der Waals surface area contributed by atoms with Gasteiger partial charge in [0.05, 0.1) is 6.04 Å². The average Bonchev–Trinajstić information content (AvgIpc) is 2.97. The molecule has 0 spiro atoms. The Morgan fingerprint density at radius 1 is 1.12 bits per heavy atom. The van der Waals surface area contributed by atoms with Gasteiger partial charge in [-0.25, -0.2) is 0 Å². The molecule has 0 radical (unpaired) electrons. The highest BCUT2D eigenvalue weighted by molar-refractivity contribution is 9.10. The summed E-state index contributed by atoms with van der Waals surface area (Å²) in [6.45, 7) is 6.68. The Hall–Kier alpha value is -1.42. The molecule has 0 amide bonds. The van der Waals surface area contributed by atoms with Gasteiger partial charge in [-0.3, -0.25) is 4.90 Å². The number of aryl methyl sites for hydroxylation is 1. The average molecular weight is 426 g/mol. The quantitative estimate of drug-likeness (QED) is 0.459. The van der Waals surface area contributed by atoms with E-state index in [9.17, 15) is 0 Å². The van der Waals surface area contributed by atoms with Crippen molar-refractivity contribution in [2.24, 2.45) is 0 Å². The van der Waals surface area contributed by atoms with E-state index in [2.05, 4.69) is 89.3 Å². The Labute approximate surface area is 168 Å². The molecule has 0 aliphatic carbocycles. The maximum absolute atomic E-state index is 3.62. The first kappa shape index (κ1) is 18.0. The first-order valence-corrected chi connectivity index (χ1v) is 10.9. The van der Waals surface area contributed by atoms with Crippen molar-refractivity contribution in [3.05, 3.63) is 91.1 Å². The van der Waals surface area contributed by atoms with Gasteiger partial charge in [-0.2, -0.15) is 0 Å². The van der Waals surface area contributed by atoms with E-state index in [0.717, 1.165) is 24.0 Å². The van der Waals surface area contributed by atoms with Gasteiger partial charge in [-0.05, 0) is 54.2 Å². The molecule has 4 rings (SSSR count). The van der Waals surface area contributed by atoms with Crippen molar-refractivity contribution >= 4 is 27.3 Å². The third-order valence-electron chi connectivity index (χ3n) is 5.36. The molecule has 2 heterocycles. The predicted octanol–water partition coefficient (Wildman–Crippen LogP) is 6.53. The summed E-state index contributed by atoms with van der Waals surface area (Å²) < 4.78 is 1.16. The van der Waals surface area contributed by atoms with E-state index in [0.29, 0.717) is 6.04 Å². The van der Waals surface area contributed by atoms with Gasteiger partial charge in [0.25, 0.3) is 0 Å². The Balaban J connectivity index is 1.76. The third-order valence-corrected chi connectivity index (χ3v) is 7.09. The summed E-state index contributed by atoms with van der Waals surface area (Å²) in [5, 5.41) is 0. The van der Waals surface area contributed by atoms with Crippen LogP contribution in [0.3, 0.4) is 0 Å². The van der Waals surface area contributed by atoms with Crippen LogP contribution >= 0.6 is 27.3 Å². The molecule has 3 heteroatoms. The highest BCUT2D eigenvalue weighted by Gasteiger charge is 2.32. The second-order valence-electron chi connectivity index (χ2n) is 7.00. The molecule has 1 atom stereocenters. The Morgan fingerprint density at radius 2 is 1.92 bits per heavy atom. The van der Waals surface area contributed by atoms with Crippen molar-refractivity contribution in [3.8, 4) is 0 Å². The van der Waals surface area contributed by atoms with Gasteiger partial charge < -0.3 is 0 Å². The molecule has 0 N–H and O–H groups in total. The zero-order chi connectivity index (χ0) is 18.1. The molecular formula is C23H24BrNS. The van der Waals surface area contributed by atoms with Crippen LogP contribution < -0.4 is 0 Å². The van der Waals surface area contributed by atoms with E-state index >= 15 is 0 Å². The summed E-state index contributed by atoms with van der Waals surface area (Å²) in [6.07, 6.45) is 2.31. The summed E-state index contributed by atoms with van der Waals surface area (Å²) in [4.78, 5) is 5.71. The fourth-order valence-corrected chi connectivity index (χ4v) is 6.11. The van der Waals surface area contributed by atoms with Crippen LogP contribution in [-0.4, -0.2) is 11.4 Å². The van der Waals surface area contributed by atoms with Crippen LogP contribution in [-0.2, 0) is 19.4 Å². The Morgan fingerprint density at radius 3 is 2.65 bits per heavy atom. The predicted molar refractivity (Wildman–Crippen MR) is 115 cm³/mol. The molecule has 0 unspecified atom stereocenters. The van der Waals surface area contributed by atoms with Gasteiger partial charge in [0.1, 0.15) is 0 Å². The summed E-state index contributed by atoms with van der Waals surface area (Å²) in [5.41, 5.74) is 5.99. The maximum atomic E-state index is 3.62. The van der Waals surface area contributed by atoms with Crippen LogP contribution in [0.2, 0.25) is 0 Å². The largest absolute Gasteiger partial charge is 0.287 e. The number of hydrogen-bond donors (Lipinski definition) is 0. The van der Waals surface area contributed by atoms with E-state index < -0.39 is 0 Å². The Bertz CT molecular complexity index is 900. The summed E-state index contributed by atoms with van der Waals surface area (Å²) in [5.74, 6) is 0.